The number of rotatable bonds is 4. The first-order valence-corrected chi connectivity index (χ1v) is 6.36. The number of thiophene rings is 1. The number of para-hydroxylation sites is 1. The van der Waals surface area contributed by atoms with Gasteiger partial charge in [-0.25, -0.2) is 0 Å². The highest BCUT2D eigenvalue weighted by Crippen LogP contribution is 2.11. The van der Waals surface area contributed by atoms with Crippen molar-refractivity contribution >= 4 is 39.9 Å². The first kappa shape index (κ1) is 11.9. The van der Waals surface area contributed by atoms with Crippen molar-refractivity contribution in [1.29, 1.82) is 0 Å². The van der Waals surface area contributed by atoms with E-state index >= 15 is 0 Å². The number of nitrogens with zero attached hydrogens (tertiary/aromatic N) is 1. The highest BCUT2D eigenvalue weighted by molar-refractivity contribution is 7.10. The van der Waals surface area contributed by atoms with E-state index in [-0.39, 0.29) is 0 Å². The molecule has 1 N–H and O–H groups in total. The summed E-state index contributed by atoms with van der Waals surface area (Å²) >= 11 is 7.61. The molecule has 17 heavy (non-hydrogen) atoms. The summed E-state index contributed by atoms with van der Waals surface area (Å²) in [6.45, 7) is 0. The van der Waals surface area contributed by atoms with E-state index in [1.807, 2.05) is 53.9 Å². The number of nitrogens with one attached hydrogen (secondary N) is 1. The molecule has 0 saturated carbocycles. The monoisotopic (exact) mass is 262 g/mol. The number of benzene rings is 1. The predicted octanol–water partition coefficient (Wildman–Crippen LogP) is 4.43. The summed E-state index contributed by atoms with van der Waals surface area (Å²) in [5.41, 5.74) is 3.79. The lowest BCUT2D eigenvalue weighted by Gasteiger charge is -1.98. The van der Waals surface area contributed by atoms with Crippen molar-refractivity contribution in [2.45, 2.75) is 0 Å². The molecule has 0 aliphatic heterocycles. The summed E-state index contributed by atoms with van der Waals surface area (Å²) in [5.74, 6) is 0. The van der Waals surface area contributed by atoms with Gasteiger partial charge in [-0.3, -0.25) is 5.43 Å². The Morgan fingerprint density at radius 2 is 2.00 bits per heavy atom. The fourth-order valence-electron chi connectivity index (χ4n) is 1.20. The summed E-state index contributed by atoms with van der Waals surface area (Å²) in [7, 11) is 0. The molecule has 0 aliphatic carbocycles. The number of halogens is 1. The van der Waals surface area contributed by atoms with Crippen molar-refractivity contribution in [3.63, 3.8) is 0 Å². The number of hydrogen-bond acceptors (Lipinski definition) is 3. The molecule has 2 nitrogen and oxygen atoms in total. The smallest absolute Gasteiger partial charge is 0.149 e. The molecular weight excluding hydrogens is 252 g/mol. The van der Waals surface area contributed by atoms with Crippen LogP contribution in [0.2, 0.25) is 0 Å². The number of anilines is 1. The molecule has 1 heterocycles. The molecule has 0 saturated heterocycles. The zero-order valence-electron chi connectivity index (χ0n) is 9.01. The minimum Gasteiger partial charge on any atom is -0.277 e. The molecule has 1 aromatic heterocycles. The van der Waals surface area contributed by atoms with Crippen LogP contribution in [0.3, 0.4) is 0 Å². The molecule has 0 amide bonds. The maximum absolute atomic E-state index is 5.95. The van der Waals surface area contributed by atoms with Crippen LogP contribution in [0.5, 0.6) is 0 Å². The average Bonchev–Trinajstić information content (AvgIpc) is 2.88. The van der Waals surface area contributed by atoms with Crippen LogP contribution in [0.15, 0.2) is 59.0 Å². The Morgan fingerprint density at radius 3 is 2.71 bits per heavy atom. The van der Waals surface area contributed by atoms with E-state index in [4.69, 9.17) is 11.6 Å². The molecule has 2 aromatic rings. The molecule has 0 radical (unpaired) electrons. The Hall–Kier alpha value is -1.58. The molecule has 86 valence electrons. The van der Waals surface area contributed by atoms with Gasteiger partial charge in [0.2, 0.25) is 0 Å². The van der Waals surface area contributed by atoms with Crippen LogP contribution in [-0.4, -0.2) is 5.17 Å². The van der Waals surface area contributed by atoms with Crippen molar-refractivity contribution in [3.8, 4) is 0 Å². The van der Waals surface area contributed by atoms with Gasteiger partial charge in [-0.1, -0.05) is 35.9 Å². The molecule has 2 rings (SSSR count). The minimum absolute atomic E-state index is 0.419. The average molecular weight is 263 g/mol. The van der Waals surface area contributed by atoms with Crippen LogP contribution in [0.25, 0.3) is 6.08 Å². The fraction of sp³-hybridized carbons (Fsp3) is 0. The van der Waals surface area contributed by atoms with Crippen LogP contribution in [-0.2, 0) is 0 Å². The van der Waals surface area contributed by atoms with Crippen molar-refractivity contribution in [1.82, 2.24) is 0 Å². The topological polar surface area (TPSA) is 24.4 Å². The van der Waals surface area contributed by atoms with Gasteiger partial charge in [0, 0.05) is 4.88 Å². The van der Waals surface area contributed by atoms with Gasteiger partial charge in [0.15, 0.2) is 0 Å². The lowest BCUT2D eigenvalue weighted by atomic mass is 10.3. The maximum Gasteiger partial charge on any atom is 0.149 e. The van der Waals surface area contributed by atoms with E-state index in [1.54, 1.807) is 17.4 Å². The van der Waals surface area contributed by atoms with Crippen molar-refractivity contribution in [2.75, 3.05) is 5.43 Å². The van der Waals surface area contributed by atoms with E-state index in [2.05, 4.69) is 10.5 Å². The standard InChI is InChI=1S/C13H11ClN2S/c14-13(9-8-12-7-4-10-17-12)16-15-11-5-2-1-3-6-11/h1-10,15H. The van der Waals surface area contributed by atoms with E-state index in [1.165, 1.54) is 0 Å². The normalized spacial score (nSPS) is 11.9. The van der Waals surface area contributed by atoms with Crippen molar-refractivity contribution < 1.29 is 0 Å². The zero-order chi connectivity index (χ0) is 11.9. The second-order valence-corrected chi connectivity index (χ2v) is 4.63. The fourth-order valence-corrected chi connectivity index (χ4v) is 1.93. The van der Waals surface area contributed by atoms with Crippen LogP contribution in [0, 0.1) is 0 Å². The Bertz CT molecular complexity index is 503. The van der Waals surface area contributed by atoms with Crippen LogP contribution in [0.4, 0.5) is 5.69 Å². The van der Waals surface area contributed by atoms with E-state index in [9.17, 15) is 0 Å². The summed E-state index contributed by atoms with van der Waals surface area (Å²) in [4.78, 5) is 1.15. The summed E-state index contributed by atoms with van der Waals surface area (Å²) in [5, 5.41) is 6.48. The van der Waals surface area contributed by atoms with E-state index in [0.717, 1.165) is 10.6 Å². The molecule has 4 heteroatoms. The molecule has 0 fully saturated rings. The van der Waals surface area contributed by atoms with Gasteiger partial charge >= 0.3 is 0 Å². The first-order valence-electron chi connectivity index (χ1n) is 5.10. The maximum atomic E-state index is 5.95. The summed E-state index contributed by atoms with van der Waals surface area (Å²) in [6, 6.07) is 13.7. The van der Waals surface area contributed by atoms with E-state index in [0.29, 0.717) is 5.17 Å². The molecule has 0 unspecified atom stereocenters. The van der Waals surface area contributed by atoms with Gasteiger partial charge in [-0.15, -0.1) is 11.3 Å². The van der Waals surface area contributed by atoms with Crippen LogP contribution < -0.4 is 5.43 Å². The Labute approximate surface area is 109 Å². The minimum atomic E-state index is 0.419. The molecule has 1 aromatic carbocycles. The molecule has 0 atom stereocenters. The largest absolute Gasteiger partial charge is 0.277 e. The van der Waals surface area contributed by atoms with E-state index < -0.39 is 0 Å². The highest BCUT2D eigenvalue weighted by atomic mass is 35.5. The second kappa shape index (κ2) is 6.23. The van der Waals surface area contributed by atoms with Gasteiger partial charge < -0.3 is 0 Å². The number of hydrogen-bond donors (Lipinski definition) is 1. The van der Waals surface area contributed by atoms with Gasteiger partial charge in [-0.2, -0.15) is 5.10 Å². The van der Waals surface area contributed by atoms with Gasteiger partial charge in [0.25, 0.3) is 0 Å². The quantitative estimate of drug-likeness (QED) is 0.640. The highest BCUT2D eigenvalue weighted by Gasteiger charge is 1.90. The van der Waals surface area contributed by atoms with Gasteiger partial charge in [-0.05, 0) is 35.7 Å². The molecule has 0 aliphatic rings. The van der Waals surface area contributed by atoms with Crippen LogP contribution >= 0.6 is 22.9 Å². The predicted molar refractivity (Wildman–Crippen MR) is 76.7 cm³/mol. The first-order chi connectivity index (χ1) is 8.34. The molecular formula is C13H11ClN2S. The lowest BCUT2D eigenvalue weighted by Crippen LogP contribution is -1.91. The van der Waals surface area contributed by atoms with Crippen molar-refractivity contribution in [2.24, 2.45) is 5.10 Å². The second-order valence-electron chi connectivity index (χ2n) is 3.26. The van der Waals surface area contributed by atoms with Crippen molar-refractivity contribution in [3.05, 3.63) is 58.8 Å². The Balaban J connectivity index is 1.94. The van der Waals surface area contributed by atoms with Gasteiger partial charge in [0.05, 0.1) is 5.69 Å². The Morgan fingerprint density at radius 1 is 1.18 bits per heavy atom. The third-order valence-corrected chi connectivity index (χ3v) is 3.04. The summed E-state index contributed by atoms with van der Waals surface area (Å²) < 4.78 is 0. The number of allylic oxidation sites excluding steroid dienone is 1. The summed E-state index contributed by atoms with van der Waals surface area (Å²) in [6.07, 6.45) is 3.70. The SMILES string of the molecule is ClC(C=Cc1cccs1)=NNc1ccccc1. The van der Waals surface area contributed by atoms with Crippen LogP contribution in [0.1, 0.15) is 4.88 Å². The zero-order valence-corrected chi connectivity index (χ0v) is 10.6. The molecule has 0 bridgehead atoms. The number of hydrazone groups is 1. The third-order valence-electron chi connectivity index (χ3n) is 1.99. The molecule has 0 spiro atoms. The van der Waals surface area contributed by atoms with Gasteiger partial charge in [0.1, 0.15) is 5.17 Å². The lowest BCUT2D eigenvalue weighted by molar-refractivity contribution is 1.35. The Kier molecular flexibility index (Phi) is 4.36. The third kappa shape index (κ3) is 4.06.